The van der Waals surface area contributed by atoms with Gasteiger partial charge in [-0.3, -0.25) is 4.99 Å². The van der Waals surface area contributed by atoms with Gasteiger partial charge in [-0.25, -0.2) is 0 Å². The van der Waals surface area contributed by atoms with E-state index in [1.165, 1.54) is 5.56 Å². The molecule has 0 saturated carbocycles. The molecule has 1 aliphatic heterocycles. The van der Waals surface area contributed by atoms with E-state index in [0.29, 0.717) is 19.1 Å². The first kappa shape index (κ1) is 22.7. The van der Waals surface area contributed by atoms with E-state index in [1.807, 2.05) is 18.2 Å². The molecule has 0 aliphatic carbocycles. The zero-order valence-corrected chi connectivity index (χ0v) is 17.7. The molecule has 2 unspecified atom stereocenters. The predicted octanol–water partition coefficient (Wildman–Crippen LogP) is 3.10. The van der Waals surface area contributed by atoms with Crippen molar-refractivity contribution in [1.29, 1.82) is 0 Å². The monoisotopic (exact) mass is 391 g/mol. The van der Waals surface area contributed by atoms with Gasteiger partial charge >= 0.3 is 0 Å². The number of aliphatic imine (C=N–C) groups is 1. The summed E-state index contributed by atoms with van der Waals surface area (Å²) in [5.41, 5.74) is 1.22. The highest BCUT2D eigenvalue weighted by molar-refractivity contribution is 5.80. The van der Waals surface area contributed by atoms with E-state index in [-0.39, 0.29) is 6.10 Å². The quantitative estimate of drug-likeness (QED) is 0.337. The molecule has 1 aromatic carbocycles. The summed E-state index contributed by atoms with van der Waals surface area (Å²) < 4.78 is 16.7. The van der Waals surface area contributed by atoms with Crippen LogP contribution in [0.5, 0.6) is 0 Å². The maximum Gasteiger partial charge on any atom is 0.193 e. The summed E-state index contributed by atoms with van der Waals surface area (Å²) in [6.45, 7) is 10.7. The number of likely N-dealkylation sites (tertiary alicyclic amines) is 1. The topological polar surface area (TPSA) is 55.3 Å². The highest BCUT2D eigenvalue weighted by Crippen LogP contribution is 2.17. The minimum Gasteiger partial charge on any atom is -0.382 e. The lowest BCUT2D eigenvalue weighted by molar-refractivity contribution is 0.0536. The number of guanidine groups is 1. The molecule has 1 saturated heterocycles. The van der Waals surface area contributed by atoms with Crippen molar-refractivity contribution in [3.05, 3.63) is 35.9 Å². The summed E-state index contributed by atoms with van der Waals surface area (Å²) in [4.78, 5) is 7.15. The Bertz CT molecular complexity index is 553. The van der Waals surface area contributed by atoms with Crippen molar-refractivity contribution >= 4 is 5.96 Å². The Morgan fingerprint density at radius 3 is 2.82 bits per heavy atom. The van der Waals surface area contributed by atoms with Crippen molar-refractivity contribution in [2.24, 2.45) is 10.9 Å². The van der Waals surface area contributed by atoms with E-state index in [1.54, 1.807) is 7.11 Å². The molecular weight excluding hydrogens is 354 g/mol. The number of hydrogen-bond acceptors (Lipinski definition) is 4. The molecule has 6 nitrogen and oxygen atoms in total. The van der Waals surface area contributed by atoms with Crippen molar-refractivity contribution in [2.45, 2.75) is 32.8 Å². The van der Waals surface area contributed by atoms with Gasteiger partial charge in [0, 0.05) is 45.8 Å². The molecule has 2 atom stereocenters. The summed E-state index contributed by atoms with van der Waals surface area (Å²) in [5.74, 6) is 1.58. The SMILES string of the molecule is CCNC(=NCCCOC(C)c1ccccc1)N1CCC(COCCOC)C1. The van der Waals surface area contributed by atoms with E-state index in [2.05, 4.69) is 36.2 Å². The Morgan fingerprint density at radius 2 is 2.07 bits per heavy atom. The van der Waals surface area contributed by atoms with Gasteiger partial charge in [-0.05, 0) is 32.3 Å². The number of rotatable bonds is 12. The van der Waals surface area contributed by atoms with Crippen molar-refractivity contribution in [3.63, 3.8) is 0 Å². The van der Waals surface area contributed by atoms with E-state index >= 15 is 0 Å². The highest BCUT2D eigenvalue weighted by Gasteiger charge is 2.24. The Balaban J connectivity index is 1.69. The highest BCUT2D eigenvalue weighted by atomic mass is 16.5. The van der Waals surface area contributed by atoms with Crippen molar-refractivity contribution < 1.29 is 14.2 Å². The van der Waals surface area contributed by atoms with Crippen molar-refractivity contribution in [2.75, 3.05) is 59.7 Å². The Hall–Kier alpha value is -1.63. The average molecular weight is 392 g/mol. The third-order valence-corrected chi connectivity index (χ3v) is 4.91. The molecule has 1 aliphatic rings. The van der Waals surface area contributed by atoms with Crippen LogP contribution in [0.2, 0.25) is 0 Å². The molecule has 0 bridgehead atoms. The molecule has 0 radical (unpaired) electrons. The van der Waals surface area contributed by atoms with Gasteiger partial charge in [0.25, 0.3) is 0 Å². The molecular formula is C22H37N3O3. The number of hydrogen-bond donors (Lipinski definition) is 1. The summed E-state index contributed by atoms with van der Waals surface area (Å²) >= 11 is 0. The second-order valence-electron chi connectivity index (χ2n) is 7.18. The van der Waals surface area contributed by atoms with Crippen LogP contribution >= 0.6 is 0 Å². The second-order valence-corrected chi connectivity index (χ2v) is 7.18. The number of nitrogens with zero attached hydrogens (tertiary/aromatic N) is 2. The molecule has 0 amide bonds. The number of ether oxygens (including phenoxy) is 3. The lowest BCUT2D eigenvalue weighted by Crippen LogP contribution is -2.40. The summed E-state index contributed by atoms with van der Waals surface area (Å²) in [6, 6.07) is 10.3. The van der Waals surface area contributed by atoms with Gasteiger partial charge in [0.15, 0.2) is 5.96 Å². The van der Waals surface area contributed by atoms with Crippen LogP contribution in [0.4, 0.5) is 0 Å². The molecule has 6 heteroatoms. The van der Waals surface area contributed by atoms with Crippen molar-refractivity contribution in [1.82, 2.24) is 10.2 Å². The minimum atomic E-state index is 0.121. The van der Waals surface area contributed by atoms with Gasteiger partial charge in [-0.15, -0.1) is 0 Å². The standard InChI is InChI=1S/C22H37N3O3/c1-4-23-22(25-13-11-20(17-25)18-27-16-15-26-3)24-12-8-14-28-19(2)21-9-6-5-7-10-21/h5-7,9-10,19-20H,4,8,11-18H2,1-3H3,(H,23,24). The number of methoxy groups -OCH3 is 1. The van der Waals surface area contributed by atoms with E-state index in [4.69, 9.17) is 19.2 Å². The predicted molar refractivity (Wildman–Crippen MR) is 114 cm³/mol. The van der Waals surface area contributed by atoms with Crippen LogP contribution in [0.25, 0.3) is 0 Å². The zero-order chi connectivity index (χ0) is 20.0. The minimum absolute atomic E-state index is 0.121. The van der Waals surface area contributed by atoms with Crippen molar-refractivity contribution in [3.8, 4) is 0 Å². The van der Waals surface area contributed by atoms with Gasteiger partial charge in [0.2, 0.25) is 0 Å². The Labute approximate surface area is 170 Å². The molecule has 2 rings (SSSR count). The largest absolute Gasteiger partial charge is 0.382 e. The normalized spacial score (nSPS) is 18.5. The maximum absolute atomic E-state index is 5.95. The van der Waals surface area contributed by atoms with Crippen LogP contribution in [0.15, 0.2) is 35.3 Å². The molecule has 0 aromatic heterocycles. The average Bonchev–Trinajstić information content (AvgIpc) is 3.19. The van der Waals surface area contributed by atoms with Gasteiger partial charge in [-0.2, -0.15) is 0 Å². The molecule has 158 valence electrons. The second kappa shape index (κ2) is 13.5. The van der Waals surface area contributed by atoms with E-state index in [9.17, 15) is 0 Å². The summed E-state index contributed by atoms with van der Waals surface area (Å²) in [6.07, 6.45) is 2.19. The van der Waals surface area contributed by atoms with Crippen LogP contribution < -0.4 is 5.32 Å². The summed E-state index contributed by atoms with van der Waals surface area (Å²) in [5, 5.41) is 3.42. The first-order chi connectivity index (χ1) is 13.7. The van der Waals surface area contributed by atoms with E-state index in [0.717, 1.165) is 58.2 Å². The van der Waals surface area contributed by atoms with Gasteiger partial charge in [0.1, 0.15) is 0 Å². The molecule has 1 fully saturated rings. The third kappa shape index (κ3) is 8.17. The van der Waals surface area contributed by atoms with E-state index < -0.39 is 0 Å². The molecule has 1 heterocycles. The van der Waals surface area contributed by atoms with Gasteiger partial charge in [0.05, 0.1) is 25.9 Å². The maximum atomic E-state index is 5.95. The number of benzene rings is 1. The van der Waals surface area contributed by atoms with Gasteiger partial charge < -0.3 is 24.4 Å². The fourth-order valence-corrected chi connectivity index (χ4v) is 3.31. The molecule has 0 spiro atoms. The third-order valence-electron chi connectivity index (χ3n) is 4.91. The molecule has 1 N–H and O–H groups in total. The number of nitrogens with one attached hydrogen (secondary N) is 1. The fourth-order valence-electron chi connectivity index (χ4n) is 3.31. The van der Waals surface area contributed by atoms with Gasteiger partial charge in [-0.1, -0.05) is 30.3 Å². The summed E-state index contributed by atoms with van der Waals surface area (Å²) in [7, 11) is 1.70. The van der Waals surface area contributed by atoms with Crippen LogP contribution in [-0.2, 0) is 14.2 Å². The first-order valence-electron chi connectivity index (χ1n) is 10.5. The van der Waals surface area contributed by atoms with Crippen LogP contribution in [0.3, 0.4) is 0 Å². The zero-order valence-electron chi connectivity index (χ0n) is 17.7. The van der Waals surface area contributed by atoms with Crippen LogP contribution in [0, 0.1) is 5.92 Å². The Kier molecular flexibility index (Phi) is 10.9. The fraction of sp³-hybridized carbons (Fsp3) is 0.682. The molecule has 1 aromatic rings. The van der Waals surface area contributed by atoms with Crippen LogP contribution in [-0.4, -0.2) is 70.6 Å². The molecule has 28 heavy (non-hydrogen) atoms. The lowest BCUT2D eigenvalue weighted by atomic mass is 10.1. The Morgan fingerprint density at radius 1 is 1.25 bits per heavy atom. The first-order valence-corrected chi connectivity index (χ1v) is 10.5. The van der Waals surface area contributed by atoms with Crippen LogP contribution in [0.1, 0.15) is 38.4 Å². The smallest absolute Gasteiger partial charge is 0.193 e. The lowest BCUT2D eigenvalue weighted by Gasteiger charge is -2.22.